The number of ether oxygens (including phenoxy) is 1. The molecule has 0 aromatic heterocycles. The third kappa shape index (κ3) is 4.41. The molecule has 0 radical (unpaired) electrons. The molecule has 0 heterocycles. The molecule has 0 aliphatic heterocycles. The first-order valence-electron chi connectivity index (χ1n) is 5.19. The molecule has 17 heavy (non-hydrogen) atoms. The fourth-order valence-electron chi connectivity index (χ4n) is 1.19. The third-order valence-electron chi connectivity index (χ3n) is 2.11. The molecule has 1 aromatic rings. The zero-order chi connectivity index (χ0) is 12.7. The van der Waals surface area contributed by atoms with Gasteiger partial charge in [0.2, 0.25) is 5.91 Å². The number of methoxy groups -OCH3 is 1. The van der Waals surface area contributed by atoms with Gasteiger partial charge in [-0.25, -0.2) is 0 Å². The number of rotatable bonds is 5. The van der Waals surface area contributed by atoms with E-state index in [1.807, 2.05) is 31.2 Å². The fourth-order valence-corrected chi connectivity index (χ4v) is 2.09. The van der Waals surface area contributed by atoms with Crippen molar-refractivity contribution in [3.63, 3.8) is 0 Å². The Morgan fingerprint density at radius 3 is 2.71 bits per heavy atom. The van der Waals surface area contributed by atoms with Crippen molar-refractivity contribution in [2.45, 2.75) is 17.1 Å². The smallest absolute Gasteiger partial charge is 0.233 e. The van der Waals surface area contributed by atoms with Crippen molar-refractivity contribution in [3.05, 3.63) is 24.3 Å². The summed E-state index contributed by atoms with van der Waals surface area (Å²) in [7, 11) is 1.62. The van der Waals surface area contributed by atoms with Crippen LogP contribution in [0.1, 0.15) is 6.92 Å². The van der Waals surface area contributed by atoms with Crippen molar-refractivity contribution < 1.29 is 9.53 Å². The predicted molar refractivity (Wildman–Crippen MR) is 70.2 cm³/mol. The van der Waals surface area contributed by atoms with Crippen LogP contribution in [-0.2, 0) is 4.79 Å². The lowest BCUT2D eigenvalue weighted by Gasteiger charge is -2.10. The molecular weight excluding hydrogens is 234 g/mol. The van der Waals surface area contributed by atoms with E-state index in [1.54, 1.807) is 7.11 Å². The Morgan fingerprint density at radius 2 is 2.18 bits per heavy atom. The molecule has 0 unspecified atom stereocenters. The number of benzene rings is 1. The number of thioether (sulfide) groups is 1. The largest absolute Gasteiger partial charge is 0.497 e. The lowest BCUT2D eigenvalue weighted by molar-refractivity contribution is -0.120. The minimum absolute atomic E-state index is 0.0521. The number of terminal acetylenes is 1. The van der Waals surface area contributed by atoms with Gasteiger partial charge in [0.25, 0.3) is 0 Å². The van der Waals surface area contributed by atoms with E-state index in [0.717, 1.165) is 10.6 Å². The number of nitrogens with one attached hydrogen (secondary N) is 1. The average molecular weight is 249 g/mol. The van der Waals surface area contributed by atoms with E-state index in [4.69, 9.17) is 11.2 Å². The van der Waals surface area contributed by atoms with Crippen molar-refractivity contribution >= 4 is 17.7 Å². The summed E-state index contributed by atoms with van der Waals surface area (Å²) in [4.78, 5) is 12.6. The highest BCUT2D eigenvalue weighted by Crippen LogP contribution is 2.25. The summed E-state index contributed by atoms with van der Waals surface area (Å²) in [5, 5.41) is 2.48. The van der Waals surface area contributed by atoms with E-state index < -0.39 is 0 Å². The van der Waals surface area contributed by atoms with Crippen LogP contribution in [0.2, 0.25) is 0 Å². The second-order valence-corrected chi connectivity index (χ2v) is 4.77. The molecule has 0 aliphatic carbocycles. The van der Waals surface area contributed by atoms with Gasteiger partial charge < -0.3 is 10.1 Å². The molecule has 90 valence electrons. The maximum Gasteiger partial charge on any atom is 0.233 e. The SMILES string of the molecule is C#CCNC(=O)[C@@H](C)Sc1ccc(OC)cc1. The Balaban J connectivity index is 2.52. The molecule has 0 bridgehead atoms. The number of hydrogen-bond acceptors (Lipinski definition) is 3. The van der Waals surface area contributed by atoms with E-state index >= 15 is 0 Å². The van der Waals surface area contributed by atoms with Crippen LogP contribution >= 0.6 is 11.8 Å². The Kier molecular flexibility index (Phi) is 5.44. The monoisotopic (exact) mass is 249 g/mol. The maximum atomic E-state index is 11.6. The second-order valence-electron chi connectivity index (χ2n) is 3.36. The van der Waals surface area contributed by atoms with Crippen LogP contribution in [0.4, 0.5) is 0 Å². The van der Waals surface area contributed by atoms with E-state index in [0.29, 0.717) is 0 Å². The number of hydrogen-bond donors (Lipinski definition) is 1. The first kappa shape index (κ1) is 13.5. The van der Waals surface area contributed by atoms with Gasteiger partial charge in [-0.15, -0.1) is 18.2 Å². The van der Waals surface area contributed by atoms with Crippen molar-refractivity contribution in [1.29, 1.82) is 0 Å². The molecule has 1 amide bonds. The van der Waals surface area contributed by atoms with Crippen LogP contribution in [-0.4, -0.2) is 24.8 Å². The first-order chi connectivity index (χ1) is 8.17. The minimum atomic E-state index is -0.170. The highest BCUT2D eigenvalue weighted by Gasteiger charge is 2.13. The summed E-state index contributed by atoms with van der Waals surface area (Å²) in [6, 6.07) is 7.59. The van der Waals surface area contributed by atoms with E-state index in [9.17, 15) is 4.79 Å². The molecule has 0 saturated carbocycles. The van der Waals surface area contributed by atoms with Gasteiger partial charge >= 0.3 is 0 Å². The Labute approximate surface area is 106 Å². The van der Waals surface area contributed by atoms with Gasteiger partial charge in [0.05, 0.1) is 18.9 Å². The summed E-state index contributed by atoms with van der Waals surface area (Å²) in [6.07, 6.45) is 5.08. The lowest BCUT2D eigenvalue weighted by atomic mass is 10.3. The van der Waals surface area contributed by atoms with Gasteiger partial charge in [0.1, 0.15) is 5.75 Å². The molecule has 1 atom stereocenters. The Bertz CT molecular complexity index is 408. The molecule has 3 nitrogen and oxygen atoms in total. The molecule has 1 rings (SSSR count). The fraction of sp³-hybridized carbons (Fsp3) is 0.308. The van der Waals surface area contributed by atoms with Crippen molar-refractivity contribution in [2.24, 2.45) is 0 Å². The normalized spacial score (nSPS) is 11.4. The summed E-state index contributed by atoms with van der Waals surface area (Å²) < 4.78 is 5.06. The average Bonchev–Trinajstić information content (AvgIpc) is 2.36. The highest BCUT2D eigenvalue weighted by atomic mass is 32.2. The molecule has 0 fully saturated rings. The van der Waals surface area contributed by atoms with Gasteiger partial charge in [0, 0.05) is 4.90 Å². The summed E-state index contributed by atoms with van der Waals surface area (Å²) in [5.74, 6) is 3.13. The summed E-state index contributed by atoms with van der Waals surface area (Å²) in [5.41, 5.74) is 0. The van der Waals surface area contributed by atoms with Crippen molar-refractivity contribution in [2.75, 3.05) is 13.7 Å². The van der Waals surface area contributed by atoms with Crippen LogP contribution in [0.25, 0.3) is 0 Å². The van der Waals surface area contributed by atoms with Gasteiger partial charge in [-0.1, -0.05) is 5.92 Å². The van der Waals surface area contributed by atoms with Crippen LogP contribution in [0, 0.1) is 12.3 Å². The van der Waals surface area contributed by atoms with Crippen LogP contribution < -0.4 is 10.1 Å². The van der Waals surface area contributed by atoms with Crippen LogP contribution in [0.15, 0.2) is 29.2 Å². The molecule has 0 spiro atoms. The Morgan fingerprint density at radius 1 is 1.53 bits per heavy atom. The van der Waals surface area contributed by atoms with Gasteiger partial charge in [-0.2, -0.15) is 0 Å². The molecule has 0 saturated heterocycles. The zero-order valence-electron chi connectivity index (χ0n) is 9.90. The molecule has 0 aliphatic rings. The van der Waals surface area contributed by atoms with E-state index in [-0.39, 0.29) is 17.7 Å². The zero-order valence-corrected chi connectivity index (χ0v) is 10.7. The van der Waals surface area contributed by atoms with Crippen LogP contribution in [0.3, 0.4) is 0 Å². The van der Waals surface area contributed by atoms with Crippen molar-refractivity contribution in [1.82, 2.24) is 5.32 Å². The Hall–Kier alpha value is -1.60. The minimum Gasteiger partial charge on any atom is -0.497 e. The topological polar surface area (TPSA) is 38.3 Å². The lowest BCUT2D eigenvalue weighted by Crippen LogP contribution is -2.30. The summed E-state index contributed by atoms with van der Waals surface area (Å²) in [6.45, 7) is 2.12. The molecule has 4 heteroatoms. The third-order valence-corrected chi connectivity index (χ3v) is 3.22. The van der Waals surface area contributed by atoms with E-state index in [2.05, 4.69) is 11.2 Å². The summed E-state index contributed by atoms with van der Waals surface area (Å²) >= 11 is 1.49. The van der Waals surface area contributed by atoms with Gasteiger partial charge in [-0.3, -0.25) is 4.79 Å². The molecule has 1 N–H and O–H groups in total. The van der Waals surface area contributed by atoms with Crippen LogP contribution in [0.5, 0.6) is 5.75 Å². The van der Waals surface area contributed by atoms with Crippen molar-refractivity contribution in [3.8, 4) is 18.1 Å². The number of carbonyl (C=O) groups is 1. The number of amides is 1. The maximum absolute atomic E-state index is 11.6. The quantitative estimate of drug-likeness (QED) is 0.640. The van der Waals surface area contributed by atoms with E-state index in [1.165, 1.54) is 11.8 Å². The first-order valence-corrected chi connectivity index (χ1v) is 6.07. The predicted octanol–water partition coefficient (Wildman–Crippen LogP) is 1.93. The number of carbonyl (C=O) groups excluding carboxylic acids is 1. The molecular formula is C13H15NO2S. The molecule has 1 aromatic carbocycles. The standard InChI is InChI=1S/C13H15NO2S/c1-4-9-14-13(15)10(2)17-12-7-5-11(16-3)6-8-12/h1,5-8,10H,9H2,2-3H3,(H,14,15)/t10-/m1/s1. The van der Waals surface area contributed by atoms with Gasteiger partial charge in [0.15, 0.2) is 0 Å². The van der Waals surface area contributed by atoms with Gasteiger partial charge in [-0.05, 0) is 31.2 Å². The highest BCUT2D eigenvalue weighted by molar-refractivity contribution is 8.00. The second kappa shape index (κ2) is 6.87.